The number of nitrogens with zero attached hydrogens (tertiary/aromatic N) is 2. The van der Waals surface area contributed by atoms with E-state index in [1.807, 2.05) is 0 Å². The Kier molecular flexibility index (Phi) is 5.18. The predicted octanol–water partition coefficient (Wildman–Crippen LogP) is 3.90. The highest BCUT2D eigenvalue weighted by Gasteiger charge is 2.19. The van der Waals surface area contributed by atoms with Crippen molar-refractivity contribution in [3.05, 3.63) is 36.2 Å². The molecule has 2 aliphatic rings. The summed E-state index contributed by atoms with van der Waals surface area (Å²) in [5.74, 6) is 0.991. The third-order valence-electron chi connectivity index (χ3n) is 5.18. The molecule has 0 bridgehead atoms. The molecule has 0 aromatic heterocycles. The van der Waals surface area contributed by atoms with Crippen LogP contribution in [0.3, 0.4) is 0 Å². The molecule has 0 amide bonds. The van der Waals surface area contributed by atoms with E-state index in [1.165, 1.54) is 76.1 Å². The highest BCUT2D eigenvalue weighted by Crippen LogP contribution is 2.26. The van der Waals surface area contributed by atoms with Gasteiger partial charge in [-0.05, 0) is 57.2 Å². The van der Waals surface area contributed by atoms with Crippen molar-refractivity contribution in [1.82, 2.24) is 4.90 Å². The van der Waals surface area contributed by atoms with Crippen molar-refractivity contribution in [2.45, 2.75) is 39.0 Å². The summed E-state index contributed by atoms with van der Waals surface area (Å²) in [7, 11) is 0. The smallest absolute Gasteiger partial charge is 0.0367 e. The number of rotatable bonds is 4. The third kappa shape index (κ3) is 4.23. The normalized spacial score (nSPS) is 21.7. The van der Waals surface area contributed by atoms with Crippen LogP contribution in [-0.2, 0) is 0 Å². The fourth-order valence-corrected chi connectivity index (χ4v) is 3.63. The first-order valence-electron chi connectivity index (χ1n) is 8.67. The lowest BCUT2D eigenvalue weighted by molar-refractivity contribution is 0.227. The van der Waals surface area contributed by atoms with Crippen LogP contribution in [0, 0.1) is 19.3 Å². The Morgan fingerprint density at radius 1 is 0.952 bits per heavy atom. The Balaban J connectivity index is 1.41. The molecule has 1 heterocycles. The van der Waals surface area contributed by atoms with E-state index >= 15 is 0 Å². The van der Waals surface area contributed by atoms with Gasteiger partial charge < -0.3 is 4.90 Å². The molecular formula is C19H29N2. The molecule has 0 spiro atoms. The highest BCUT2D eigenvalue weighted by molar-refractivity contribution is 5.47. The number of hydrogen-bond donors (Lipinski definition) is 0. The molecule has 0 atom stereocenters. The van der Waals surface area contributed by atoms with E-state index in [4.69, 9.17) is 0 Å². The number of piperazine rings is 1. The van der Waals surface area contributed by atoms with Crippen LogP contribution >= 0.6 is 0 Å². The molecule has 1 radical (unpaired) electrons. The fraction of sp³-hybridized carbons (Fsp3) is 0.632. The van der Waals surface area contributed by atoms with E-state index in [1.54, 1.807) is 0 Å². The van der Waals surface area contributed by atoms with Crippen molar-refractivity contribution >= 4 is 5.69 Å². The summed E-state index contributed by atoms with van der Waals surface area (Å²) in [6.07, 6.45) is 9.46. The van der Waals surface area contributed by atoms with E-state index in [9.17, 15) is 0 Å². The van der Waals surface area contributed by atoms with Crippen molar-refractivity contribution in [2.75, 3.05) is 37.6 Å². The Morgan fingerprint density at radius 3 is 2.29 bits per heavy atom. The minimum absolute atomic E-state index is 0.991. The highest BCUT2D eigenvalue weighted by atomic mass is 15.3. The average molecular weight is 285 g/mol. The van der Waals surface area contributed by atoms with E-state index in [2.05, 4.69) is 47.4 Å². The molecule has 21 heavy (non-hydrogen) atoms. The van der Waals surface area contributed by atoms with Crippen molar-refractivity contribution in [1.29, 1.82) is 0 Å². The molecule has 1 aliphatic carbocycles. The van der Waals surface area contributed by atoms with Crippen molar-refractivity contribution in [3.63, 3.8) is 0 Å². The molecule has 2 nitrogen and oxygen atoms in total. The number of aryl methyl sites for hydroxylation is 1. The van der Waals surface area contributed by atoms with E-state index in [0.29, 0.717) is 0 Å². The summed E-state index contributed by atoms with van der Waals surface area (Å²) in [5, 5.41) is 0. The SMILES string of the molecule is Cc1ccc(N2CCN(CCC3CC[CH]CC3)CC2)cc1. The van der Waals surface area contributed by atoms with E-state index in [-0.39, 0.29) is 0 Å². The van der Waals surface area contributed by atoms with Gasteiger partial charge in [-0.2, -0.15) is 0 Å². The first-order chi connectivity index (χ1) is 10.3. The molecule has 1 aromatic carbocycles. The van der Waals surface area contributed by atoms with Gasteiger partial charge in [0.2, 0.25) is 0 Å². The molecule has 115 valence electrons. The Morgan fingerprint density at radius 2 is 1.62 bits per heavy atom. The molecule has 2 fully saturated rings. The lowest BCUT2D eigenvalue weighted by Crippen LogP contribution is -2.46. The van der Waals surface area contributed by atoms with Crippen molar-refractivity contribution in [3.8, 4) is 0 Å². The molecule has 3 rings (SSSR count). The number of anilines is 1. The van der Waals surface area contributed by atoms with Crippen molar-refractivity contribution < 1.29 is 0 Å². The van der Waals surface area contributed by atoms with Gasteiger partial charge in [0.25, 0.3) is 0 Å². The molecule has 2 heteroatoms. The van der Waals surface area contributed by atoms with Gasteiger partial charge in [0, 0.05) is 31.9 Å². The van der Waals surface area contributed by atoms with Gasteiger partial charge in [0.1, 0.15) is 0 Å². The lowest BCUT2D eigenvalue weighted by atomic mass is 9.87. The van der Waals surface area contributed by atoms with Crippen LogP contribution in [0.15, 0.2) is 24.3 Å². The second kappa shape index (κ2) is 7.31. The molecule has 0 unspecified atom stereocenters. The van der Waals surface area contributed by atoms with Crippen LogP contribution < -0.4 is 4.90 Å². The molecule has 1 saturated carbocycles. The van der Waals surface area contributed by atoms with Crippen LogP contribution in [0.2, 0.25) is 0 Å². The summed E-state index contributed by atoms with van der Waals surface area (Å²) >= 11 is 0. The summed E-state index contributed by atoms with van der Waals surface area (Å²) in [4.78, 5) is 5.20. The average Bonchev–Trinajstić information content (AvgIpc) is 2.55. The van der Waals surface area contributed by atoms with Gasteiger partial charge in [-0.15, -0.1) is 0 Å². The van der Waals surface area contributed by atoms with Gasteiger partial charge in [0.05, 0.1) is 0 Å². The number of benzene rings is 1. The Hall–Kier alpha value is -1.02. The van der Waals surface area contributed by atoms with E-state index in [0.717, 1.165) is 5.92 Å². The molecule has 1 aromatic rings. The summed E-state index contributed by atoms with van der Waals surface area (Å²) in [5.41, 5.74) is 2.74. The van der Waals surface area contributed by atoms with Crippen LogP contribution in [0.1, 0.15) is 37.7 Å². The minimum atomic E-state index is 0.991. The zero-order valence-electron chi connectivity index (χ0n) is 13.4. The van der Waals surface area contributed by atoms with Crippen LogP contribution in [0.4, 0.5) is 5.69 Å². The molecule has 1 saturated heterocycles. The first kappa shape index (κ1) is 14.9. The summed E-state index contributed by atoms with van der Waals surface area (Å²) in [6.45, 7) is 8.29. The zero-order chi connectivity index (χ0) is 14.5. The minimum Gasteiger partial charge on any atom is -0.369 e. The van der Waals surface area contributed by atoms with Gasteiger partial charge in [-0.1, -0.05) is 30.5 Å². The standard InChI is InChI=1S/C19H29N2/c1-17-7-9-19(10-8-17)21-15-13-20(14-16-21)12-11-18-5-3-2-4-6-18/h2,7-10,18H,3-6,11-16H2,1H3. The van der Waals surface area contributed by atoms with E-state index < -0.39 is 0 Å². The zero-order valence-corrected chi connectivity index (χ0v) is 13.4. The fourth-order valence-electron chi connectivity index (χ4n) is 3.63. The third-order valence-corrected chi connectivity index (χ3v) is 5.18. The molecular weight excluding hydrogens is 256 g/mol. The monoisotopic (exact) mass is 285 g/mol. The number of hydrogen-bond acceptors (Lipinski definition) is 2. The van der Waals surface area contributed by atoms with Crippen molar-refractivity contribution in [2.24, 2.45) is 5.92 Å². The topological polar surface area (TPSA) is 6.48 Å². The van der Waals surface area contributed by atoms with Crippen LogP contribution in [0.5, 0.6) is 0 Å². The largest absolute Gasteiger partial charge is 0.369 e. The Bertz CT molecular complexity index is 412. The van der Waals surface area contributed by atoms with Crippen LogP contribution in [-0.4, -0.2) is 37.6 Å². The maximum absolute atomic E-state index is 2.67. The summed E-state index contributed by atoms with van der Waals surface area (Å²) in [6, 6.07) is 8.98. The maximum Gasteiger partial charge on any atom is 0.0367 e. The Labute approximate surface area is 130 Å². The lowest BCUT2D eigenvalue weighted by Gasteiger charge is -2.37. The molecule has 0 N–H and O–H groups in total. The summed E-state index contributed by atoms with van der Waals surface area (Å²) < 4.78 is 0. The second-order valence-corrected chi connectivity index (χ2v) is 6.76. The van der Waals surface area contributed by atoms with Gasteiger partial charge >= 0.3 is 0 Å². The van der Waals surface area contributed by atoms with Gasteiger partial charge in [0.15, 0.2) is 0 Å². The van der Waals surface area contributed by atoms with Crippen LogP contribution in [0.25, 0.3) is 0 Å². The predicted molar refractivity (Wildman–Crippen MR) is 90.7 cm³/mol. The maximum atomic E-state index is 2.67. The first-order valence-corrected chi connectivity index (χ1v) is 8.67. The molecule has 1 aliphatic heterocycles. The quantitative estimate of drug-likeness (QED) is 0.828. The van der Waals surface area contributed by atoms with Gasteiger partial charge in [-0.3, -0.25) is 4.90 Å². The van der Waals surface area contributed by atoms with Gasteiger partial charge in [-0.25, -0.2) is 0 Å². The second-order valence-electron chi connectivity index (χ2n) is 6.76.